The maximum absolute atomic E-state index is 9.54. The Morgan fingerprint density at radius 1 is 1.33 bits per heavy atom. The summed E-state index contributed by atoms with van der Waals surface area (Å²) in [7, 11) is 0. The highest BCUT2D eigenvalue weighted by atomic mass is 35.5. The standard InChI is InChI=1S/C10H11ClO/c11-8-5-2-6-9(12)10(8)7-3-1-4-7/h2,5-7,12H,1,3-4H2. The van der Waals surface area contributed by atoms with E-state index in [1.807, 2.05) is 6.07 Å². The number of phenols is 1. The summed E-state index contributed by atoms with van der Waals surface area (Å²) in [6.07, 6.45) is 3.59. The van der Waals surface area contributed by atoms with Crippen molar-refractivity contribution in [1.29, 1.82) is 0 Å². The predicted molar refractivity (Wildman–Crippen MR) is 49.7 cm³/mol. The first-order chi connectivity index (χ1) is 5.79. The van der Waals surface area contributed by atoms with Gasteiger partial charge in [-0.1, -0.05) is 24.1 Å². The molecule has 1 aliphatic rings. The third kappa shape index (κ3) is 1.18. The molecule has 0 atom stereocenters. The molecule has 0 amide bonds. The van der Waals surface area contributed by atoms with Gasteiger partial charge in [-0.15, -0.1) is 0 Å². The van der Waals surface area contributed by atoms with Gasteiger partial charge in [-0.2, -0.15) is 0 Å². The van der Waals surface area contributed by atoms with Crippen LogP contribution in [0.5, 0.6) is 5.75 Å². The molecule has 0 saturated heterocycles. The summed E-state index contributed by atoms with van der Waals surface area (Å²) >= 11 is 5.98. The zero-order chi connectivity index (χ0) is 8.55. The minimum Gasteiger partial charge on any atom is -0.508 e. The van der Waals surface area contributed by atoms with Crippen LogP contribution in [0.4, 0.5) is 0 Å². The van der Waals surface area contributed by atoms with E-state index in [9.17, 15) is 5.11 Å². The molecule has 64 valence electrons. The van der Waals surface area contributed by atoms with Crippen molar-refractivity contribution in [1.82, 2.24) is 0 Å². The lowest BCUT2D eigenvalue weighted by Gasteiger charge is -2.27. The Labute approximate surface area is 77.0 Å². The fourth-order valence-electron chi connectivity index (χ4n) is 1.63. The minimum absolute atomic E-state index is 0.354. The maximum atomic E-state index is 9.54. The second-order valence-electron chi connectivity index (χ2n) is 3.30. The van der Waals surface area contributed by atoms with E-state index in [2.05, 4.69) is 0 Å². The summed E-state index contributed by atoms with van der Waals surface area (Å²) in [5.74, 6) is 0.853. The van der Waals surface area contributed by atoms with E-state index in [1.165, 1.54) is 6.42 Å². The Morgan fingerprint density at radius 3 is 2.58 bits per heavy atom. The molecule has 2 heteroatoms. The van der Waals surface area contributed by atoms with Crippen molar-refractivity contribution in [3.05, 3.63) is 28.8 Å². The summed E-state index contributed by atoms with van der Waals surface area (Å²) in [5.41, 5.74) is 0.949. The van der Waals surface area contributed by atoms with Crippen molar-refractivity contribution < 1.29 is 5.11 Å². The van der Waals surface area contributed by atoms with E-state index in [4.69, 9.17) is 11.6 Å². The molecule has 1 aromatic carbocycles. The Morgan fingerprint density at radius 2 is 2.08 bits per heavy atom. The van der Waals surface area contributed by atoms with Crippen LogP contribution in [-0.4, -0.2) is 5.11 Å². The van der Waals surface area contributed by atoms with Crippen molar-refractivity contribution in [3.8, 4) is 5.75 Å². The quantitative estimate of drug-likeness (QED) is 0.707. The smallest absolute Gasteiger partial charge is 0.120 e. The lowest BCUT2D eigenvalue weighted by atomic mass is 9.79. The number of aromatic hydroxyl groups is 1. The van der Waals surface area contributed by atoms with Gasteiger partial charge in [0.15, 0.2) is 0 Å². The van der Waals surface area contributed by atoms with Crippen molar-refractivity contribution in [2.45, 2.75) is 25.2 Å². The monoisotopic (exact) mass is 182 g/mol. The number of halogens is 1. The van der Waals surface area contributed by atoms with E-state index < -0.39 is 0 Å². The molecule has 12 heavy (non-hydrogen) atoms. The van der Waals surface area contributed by atoms with Crippen LogP contribution >= 0.6 is 11.6 Å². The molecule has 0 spiro atoms. The molecule has 0 radical (unpaired) electrons. The second-order valence-corrected chi connectivity index (χ2v) is 3.71. The molecule has 0 heterocycles. The molecule has 0 unspecified atom stereocenters. The van der Waals surface area contributed by atoms with Crippen molar-refractivity contribution in [2.75, 3.05) is 0 Å². The van der Waals surface area contributed by atoms with Gasteiger partial charge in [0.05, 0.1) is 0 Å². The first-order valence-corrected chi connectivity index (χ1v) is 4.64. The van der Waals surface area contributed by atoms with Gasteiger partial charge in [0, 0.05) is 10.6 Å². The van der Waals surface area contributed by atoms with E-state index in [0.29, 0.717) is 16.7 Å². The van der Waals surface area contributed by atoms with Crippen LogP contribution in [0.2, 0.25) is 5.02 Å². The lowest BCUT2D eigenvalue weighted by Crippen LogP contribution is -2.09. The van der Waals surface area contributed by atoms with Crippen LogP contribution in [0.25, 0.3) is 0 Å². The maximum Gasteiger partial charge on any atom is 0.120 e. The van der Waals surface area contributed by atoms with Crippen LogP contribution in [0, 0.1) is 0 Å². The highest BCUT2D eigenvalue weighted by molar-refractivity contribution is 6.31. The Kier molecular flexibility index (Phi) is 1.97. The van der Waals surface area contributed by atoms with Gasteiger partial charge in [-0.05, 0) is 30.9 Å². The fraction of sp³-hybridized carbons (Fsp3) is 0.400. The van der Waals surface area contributed by atoms with Gasteiger partial charge < -0.3 is 5.11 Å². The van der Waals surface area contributed by atoms with E-state index in [-0.39, 0.29) is 0 Å². The SMILES string of the molecule is Oc1cccc(Cl)c1C1CCC1. The zero-order valence-corrected chi connectivity index (χ0v) is 7.51. The van der Waals surface area contributed by atoms with Crippen LogP contribution in [0.1, 0.15) is 30.7 Å². The summed E-state index contributed by atoms with van der Waals surface area (Å²) < 4.78 is 0. The molecule has 2 rings (SSSR count). The highest BCUT2D eigenvalue weighted by Gasteiger charge is 2.24. The van der Waals surface area contributed by atoms with Crippen molar-refractivity contribution in [2.24, 2.45) is 0 Å². The first-order valence-electron chi connectivity index (χ1n) is 4.26. The van der Waals surface area contributed by atoms with Crippen molar-refractivity contribution >= 4 is 11.6 Å². The summed E-state index contributed by atoms with van der Waals surface area (Å²) in [6.45, 7) is 0. The van der Waals surface area contributed by atoms with Crippen LogP contribution in [0.15, 0.2) is 18.2 Å². The zero-order valence-electron chi connectivity index (χ0n) is 6.76. The molecular formula is C10H11ClO. The Bertz CT molecular complexity index is 272. The first kappa shape index (κ1) is 7.93. The van der Waals surface area contributed by atoms with Gasteiger partial charge in [0.2, 0.25) is 0 Å². The molecule has 1 fully saturated rings. The molecule has 1 N–H and O–H groups in total. The number of hydrogen-bond acceptors (Lipinski definition) is 1. The second kappa shape index (κ2) is 2.98. The predicted octanol–water partition coefficient (Wildman–Crippen LogP) is 3.31. The van der Waals surface area contributed by atoms with Crippen LogP contribution in [0.3, 0.4) is 0 Å². The minimum atomic E-state index is 0.354. The van der Waals surface area contributed by atoms with Gasteiger partial charge in [0.25, 0.3) is 0 Å². The van der Waals surface area contributed by atoms with E-state index in [1.54, 1.807) is 12.1 Å². The Balaban J connectivity index is 2.39. The highest BCUT2D eigenvalue weighted by Crippen LogP contribution is 2.43. The fourth-order valence-corrected chi connectivity index (χ4v) is 1.95. The molecule has 0 aliphatic heterocycles. The molecule has 1 aliphatic carbocycles. The van der Waals surface area contributed by atoms with Gasteiger partial charge >= 0.3 is 0 Å². The number of phenolic OH excluding ortho intramolecular Hbond substituents is 1. The van der Waals surface area contributed by atoms with Gasteiger partial charge in [-0.3, -0.25) is 0 Å². The average molecular weight is 183 g/mol. The topological polar surface area (TPSA) is 20.2 Å². The number of rotatable bonds is 1. The lowest BCUT2D eigenvalue weighted by molar-refractivity contribution is 0.393. The summed E-state index contributed by atoms with van der Waals surface area (Å²) in [5, 5.41) is 10.3. The molecule has 1 aromatic rings. The Hall–Kier alpha value is -0.690. The van der Waals surface area contributed by atoms with Crippen LogP contribution in [-0.2, 0) is 0 Å². The van der Waals surface area contributed by atoms with Crippen LogP contribution < -0.4 is 0 Å². The van der Waals surface area contributed by atoms with E-state index in [0.717, 1.165) is 18.4 Å². The van der Waals surface area contributed by atoms with Gasteiger partial charge in [-0.25, -0.2) is 0 Å². The van der Waals surface area contributed by atoms with E-state index >= 15 is 0 Å². The summed E-state index contributed by atoms with van der Waals surface area (Å²) in [6, 6.07) is 5.33. The molecular weight excluding hydrogens is 172 g/mol. The molecule has 0 aromatic heterocycles. The van der Waals surface area contributed by atoms with Crippen molar-refractivity contribution in [3.63, 3.8) is 0 Å². The normalized spacial score (nSPS) is 17.4. The average Bonchev–Trinajstić information content (AvgIpc) is 1.93. The molecule has 1 nitrogen and oxygen atoms in total. The number of benzene rings is 1. The number of hydrogen-bond donors (Lipinski definition) is 1. The summed E-state index contributed by atoms with van der Waals surface area (Å²) in [4.78, 5) is 0. The van der Waals surface area contributed by atoms with Gasteiger partial charge in [0.1, 0.15) is 5.75 Å². The molecule has 0 bridgehead atoms. The third-order valence-corrected chi connectivity index (χ3v) is 2.87. The largest absolute Gasteiger partial charge is 0.508 e. The third-order valence-electron chi connectivity index (χ3n) is 2.54. The molecule has 1 saturated carbocycles.